The molecule has 80 valence electrons. The summed E-state index contributed by atoms with van der Waals surface area (Å²) in [6, 6.07) is 5.64. The Labute approximate surface area is 138 Å². The van der Waals surface area contributed by atoms with Crippen LogP contribution < -0.4 is 56.1 Å². The smallest absolute Gasteiger partial charge is 0.520 e. The van der Waals surface area contributed by atoms with Crippen LogP contribution in [0.15, 0.2) is 18.2 Å². The van der Waals surface area contributed by atoms with Crippen molar-refractivity contribution in [3.8, 4) is 11.8 Å². The second kappa shape index (κ2) is 6.89. The predicted molar refractivity (Wildman–Crippen MR) is 50.7 cm³/mol. The molecule has 0 atom stereocenters. The van der Waals surface area contributed by atoms with Gasteiger partial charge in [0.2, 0.25) is 0 Å². The van der Waals surface area contributed by atoms with Crippen LogP contribution in [0, 0.1) is 11.3 Å². The Morgan fingerprint density at radius 3 is 2.44 bits per heavy atom. The molecular formula is C8H5BClF3KNO. The number of ether oxygens (including phenoxy) is 1. The molecule has 8 heteroatoms. The van der Waals surface area contributed by atoms with Crippen molar-refractivity contribution in [3.05, 3.63) is 28.8 Å². The van der Waals surface area contributed by atoms with Crippen molar-refractivity contribution >= 4 is 18.6 Å². The van der Waals surface area contributed by atoms with Crippen LogP contribution in [0.3, 0.4) is 0 Å². The Hall–Kier alpha value is 0.291. The van der Waals surface area contributed by atoms with Crippen molar-refractivity contribution in [2.75, 3.05) is 6.51 Å². The molecule has 0 N–H and O–H groups in total. The first kappa shape index (κ1) is 16.3. The first-order valence-corrected chi connectivity index (χ1v) is 4.33. The number of nitriles is 1. The molecule has 0 radical (unpaired) electrons. The van der Waals surface area contributed by atoms with Gasteiger partial charge in [0.25, 0.3) is 0 Å². The van der Waals surface area contributed by atoms with Crippen molar-refractivity contribution in [1.82, 2.24) is 0 Å². The third-order valence-corrected chi connectivity index (χ3v) is 1.78. The Balaban J connectivity index is 0.00000225. The average molecular weight is 273 g/mol. The number of hydrogen-bond acceptors (Lipinski definition) is 2. The molecule has 0 fully saturated rings. The zero-order valence-corrected chi connectivity index (χ0v) is 12.3. The van der Waals surface area contributed by atoms with Gasteiger partial charge in [-0.15, -0.1) is 0 Å². The normalized spacial score (nSPS) is 10.2. The summed E-state index contributed by atoms with van der Waals surface area (Å²) in [6.07, 6.45) is 0. The number of hydrogen-bond donors (Lipinski definition) is 0. The summed E-state index contributed by atoms with van der Waals surface area (Å²) in [6.45, 7) is -6.34. The predicted octanol–water partition coefficient (Wildman–Crippen LogP) is -0.0189. The first-order chi connectivity index (χ1) is 6.92. The van der Waals surface area contributed by atoms with E-state index < -0.39 is 13.5 Å². The van der Waals surface area contributed by atoms with E-state index in [0.717, 1.165) is 0 Å². The van der Waals surface area contributed by atoms with Gasteiger partial charge in [-0.1, -0.05) is 11.6 Å². The van der Waals surface area contributed by atoms with E-state index >= 15 is 0 Å². The van der Waals surface area contributed by atoms with Crippen LogP contribution in [-0.2, 0) is 0 Å². The van der Waals surface area contributed by atoms with Crippen molar-refractivity contribution < 1.29 is 69.1 Å². The summed E-state index contributed by atoms with van der Waals surface area (Å²) >= 11 is 5.60. The van der Waals surface area contributed by atoms with Crippen molar-refractivity contribution in [3.63, 3.8) is 0 Å². The Bertz CT molecular complexity index is 407. The van der Waals surface area contributed by atoms with Gasteiger partial charge in [-0.05, 0) is 18.2 Å². The van der Waals surface area contributed by atoms with Gasteiger partial charge in [0.1, 0.15) is 5.75 Å². The third kappa shape index (κ3) is 5.57. The number of rotatable bonds is 3. The van der Waals surface area contributed by atoms with E-state index in [1.807, 2.05) is 6.07 Å². The maximum absolute atomic E-state index is 11.9. The van der Waals surface area contributed by atoms with Gasteiger partial charge >= 0.3 is 58.4 Å². The van der Waals surface area contributed by atoms with E-state index in [-0.39, 0.29) is 67.7 Å². The van der Waals surface area contributed by atoms with E-state index in [1.54, 1.807) is 0 Å². The fraction of sp³-hybridized carbons (Fsp3) is 0.125. The molecule has 0 saturated carbocycles. The molecule has 0 bridgehead atoms. The minimum absolute atomic E-state index is 0. The van der Waals surface area contributed by atoms with E-state index in [9.17, 15) is 12.9 Å². The standard InChI is InChI=1S/C8H5BClF3NO.K/c10-7-3-6(4-14)1-2-8(7)15-5-9(11,12)13;/h1-3H,5H2;/q-1;+1. The van der Waals surface area contributed by atoms with E-state index in [4.69, 9.17) is 16.9 Å². The minimum Gasteiger partial charge on any atom is -0.520 e. The quantitative estimate of drug-likeness (QED) is 0.725. The summed E-state index contributed by atoms with van der Waals surface area (Å²) in [5.41, 5.74) is 0.268. The van der Waals surface area contributed by atoms with Crippen molar-refractivity contribution in [1.29, 1.82) is 5.26 Å². The van der Waals surface area contributed by atoms with Gasteiger partial charge in [-0.2, -0.15) is 5.26 Å². The maximum atomic E-state index is 11.9. The molecule has 0 aliphatic rings. The SMILES string of the molecule is N#Cc1ccc(OC[B-](F)(F)F)c(Cl)c1.[K+]. The first-order valence-electron chi connectivity index (χ1n) is 3.96. The average Bonchev–Trinajstić information content (AvgIpc) is 2.14. The number of nitrogens with zero attached hydrogens (tertiary/aromatic N) is 1. The molecule has 1 rings (SSSR count). The van der Waals surface area contributed by atoms with Crippen LogP contribution in [0.4, 0.5) is 12.9 Å². The van der Waals surface area contributed by atoms with Crippen molar-refractivity contribution in [2.45, 2.75) is 0 Å². The van der Waals surface area contributed by atoms with Crippen LogP contribution in [0.1, 0.15) is 5.56 Å². The fourth-order valence-corrected chi connectivity index (χ4v) is 1.11. The van der Waals surface area contributed by atoms with E-state index in [2.05, 4.69) is 4.74 Å². The van der Waals surface area contributed by atoms with Crippen LogP contribution in [0.2, 0.25) is 5.02 Å². The Morgan fingerprint density at radius 1 is 1.38 bits per heavy atom. The van der Waals surface area contributed by atoms with Crippen LogP contribution >= 0.6 is 11.6 Å². The Morgan fingerprint density at radius 2 is 2.00 bits per heavy atom. The van der Waals surface area contributed by atoms with Gasteiger partial charge in [0.15, 0.2) is 0 Å². The monoisotopic (exact) mass is 273 g/mol. The van der Waals surface area contributed by atoms with Gasteiger partial charge in [-0.3, -0.25) is 0 Å². The van der Waals surface area contributed by atoms with Crippen LogP contribution in [0.5, 0.6) is 5.75 Å². The summed E-state index contributed by atoms with van der Waals surface area (Å²) in [7, 11) is 0. The molecule has 0 aromatic heterocycles. The second-order valence-electron chi connectivity index (χ2n) is 2.78. The van der Waals surface area contributed by atoms with E-state index in [1.165, 1.54) is 18.2 Å². The Kier molecular flexibility index (Phi) is 7.01. The number of halogens is 4. The molecule has 0 amide bonds. The summed E-state index contributed by atoms with van der Waals surface area (Å²) in [5, 5.41) is 8.48. The molecule has 1 aromatic rings. The zero-order valence-electron chi connectivity index (χ0n) is 8.38. The van der Waals surface area contributed by atoms with Gasteiger partial charge < -0.3 is 17.7 Å². The van der Waals surface area contributed by atoms with Crippen LogP contribution in [0.25, 0.3) is 0 Å². The molecule has 0 saturated heterocycles. The zero-order chi connectivity index (χ0) is 11.5. The van der Waals surface area contributed by atoms with Crippen LogP contribution in [-0.4, -0.2) is 13.5 Å². The summed E-state index contributed by atoms with van der Waals surface area (Å²) in [4.78, 5) is 0. The molecule has 0 unspecified atom stereocenters. The van der Waals surface area contributed by atoms with Gasteiger partial charge in [0.05, 0.1) is 23.2 Å². The van der Waals surface area contributed by atoms with Gasteiger partial charge in [-0.25, -0.2) is 0 Å². The fourth-order valence-electron chi connectivity index (χ4n) is 0.872. The second-order valence-corrected chi connectivity index (χ2v) is 3.19. The maximum Gasteiger partial charge on any atom is 1.00 e. The summed E-state index contributed by atoms with van der Waals surface area (Å²) < 4.78 is 40.0. The number of benzene rings is 1. The molecule has 2 nitrogen and oxygen atoms in total. The molecule has 0 heterocycles. The molecule has 0 aliphatic carbocycles. The minimum atomic E-state index is -5.00. The van der Waals surface area contributed by atoms with Gasteiger partial charge in [0, 0.05) is 0 Å². The molecule has 16 heavy (non-hydrogen) atoms. The molecule has 0 spiro atoms. The van der Waals surface area contributed by atoms with Crippen molar-refractivity contribution in [2.24, 2.45) is 0 Å². The molecule has 1 aromatic carbocycles. The molecular weight excluding hydrogens is 268 g/mol. The largest absolute Gasteiger partial charge is 1.00 e. The third-order valence-electron chi connectivity index (χ3n) is 1.49. The molecule has 0 aliphatic heterocycles. The topological polar surface area (TPSA) is 33.0 Å². The summed E-state index contributed by atoms with van der Waals surface area (Å²) in [5.74, 6) is -0.0742. The van der Waals surface area contributed by atoms with E-state index in [0.29, 0.717) is 0 Å².